The zero-order valence-electron chi connectivity index (χ0n) is 19.9. The van der Waals surface area contributed by atoms with Gasteiger partial charge in [0, 0.05) is 29.2 Å². The van der Waals surface area contributed by atoms with Crippen molar-refractivity contribution >= 4 is 26.9 Å². The minimum absolute atomic E-state index is 0.172. The van der Waals surface area contributed by atoms with Crippen molar-refractivity contribution < 1.29 is 18.3 Å². The molecule has 1 aliphatic heterocycles. The van der Waals surface area contributed by atoms with E-state index in [1.165, 1.54) is 0 Å². The van der Waals surface area contributed by atoms with E-state index in [4.69, 9.17) is 0 Å². The summed E-state index contributed by atoms with van der Waals surface area (Å²) >= 11 is 0. The lowest BCUT2D eigenvalue weighted by atomic mass is 9.96. The molecule has 184 valence electrons. The monoisotopic (exact) mass is 508 g/mol. The highest BCUT2D eigenvalue weighted by molar-refractivity contribution is 7.89. The zero-order valence-corrected chi connectivity index (χ0v) is 20.7. The number of hydrogen-bond acceptors (Lipinski definition) is 3. The van der Waals surface area contributed by atoms with Crippen LogP contribution < -0.4 is 0 Å². The van der Waals surface area contributed by atoms with Crippen molar-refractivity contribution in [2.24, 2.45) is 0 Å². The number of nitrogens with zero attached hydrogens (tertiary/aromatic N) is 2. The van der Waals surface area contributed by atoms with E-state index in [-0.39, 0.29) is 18.0 Å². The van der Waals surface area contributed by atoms with E-state index in [0.717, 1.165) is 33.2 Å². The summed E-state index contributed by atoms with van der Waals surface area (Å²) in [6.07, 6.45) is 1.79. The Bertz CT molecular complexity index is 1740. The Morgan fingerprint density at radius 3 is 2.27 bits per heavy atom. The van der Waals surface area contributed by atoms with Crippen LogP contribution in [0, 0.1) is 0 Å². The number of carbonyl (C=O) groups is 1. The third-order valence-electron chi connectivity index (χ3n) is 6.94. The van der Waals surface area contributed by atoms with Crippen molar-refractivity contribution in [3.05, 3.63) is 126 Å². The van der Waals surface area contributed by atoms with Crippen LogP contribution in [0.25, 0.3) is 22.0 Å². The lowest BCUT2D eigenvalue weighted by Gasteiger charge is -2.25. The molecule has 1 N–H and O–H groups in total. The lowest BCUT2D eigenvalue weighted by molar-refractivity contribution is -0.137. The molecule has 0 fully saturated rings. The van der Waals surface area contributed by atoms with Gasteiger partial charge < -0.3 is 9.67 Å². The van der Waals surface area contributed by atoms with Crippen molar-refractivity contribution in [1.82, 2.24) is 8.87 Å². The number of aromatic nitrogens is 1. The minimum atomic E-state index is -3.82. The fraction of sp³-hybridized carbons (Fsp3) is 0.100. The maximum atomic E-state index is 14.0. The summed E-state index contributed by atoms with van der Waals surface area (Å²) < 4.78 is 31.2. The number of sulfonamides is 1. The van der Waals surface area contributed by atoms with Crippen LogP contribution in [0.15, 0.2) is 114 Å². The molecule has 1 atom stereocenters. The van der Waals surface area contributed by atoms with Crippen LogP contribution >= 0.6 is 0 Å². The fourth-order valence-corrected chi connectivity index (χ4v) is 7.15. The van der Waals surface area contributed by atoms with E-state index in [1.807, 2.05) is 91.0 Å². The van der Waals surface area contributed by atoms with Crippen LogP contribution in [0.2, 0.25) is 0 Å². The van der Waals surface area contributed by atoms with Gasteiger partial charge in [-0.15, -0.1) is 0 Å². The molecule has 0 radical (unpaired) electrons. The van der Waals surface area contributed by atoms with Crippen LogP contribution in [0.3, 0.4) is 0 Å². The van der Waals surface area contributed by atoms with Crippen molar-refractivity contribution in [3.8, 4) is 11.1 Å². The molecule has 2 heterocycles. The maximum absolute atomic E-state index is 14.0. The van der Waals surface area contributed by atoms with Gasteiger partial charge in [0.25, 0.3) is 0 Å². The summed E-state index contributed by atoms with van der Waals surface area (Å²) in [6.45, 7) is -0.0380. The third kappa shape index (κ3) is 3.93. The smallest absolute Gasteiger partial charge is 0.323 e. The highest BCUT2D eigenvalue weighted by atomic mass is 32.2. The Morgan fingerprint density at radius 1 is 0.784 bits per heavy atom. The first kappa shape index (κ1) is 23.2. The second kappa shape index (κ2) is 9.03. The van der Waals surface area contributed by atoms with Gasteiger partial charge in [0.15, 0.2) is 0 Å². The largest absolute Gasteiger partial charge is 0.480 e. The first-order valence-electron chi connectivity index (χ1n) is 12.0. The summed E-state index contributed by atoms with van der Waals surface area (Å²) in [7, 11) is -3.82. The van der Waals surface area contributed by atoms with Gasteiger partial charge in [0.1, 0.15) is 6.54 Å². The molecular weight excluding hydrogens is 484 g/mol. The molecule has 7 heteroatoms. The number of benzene rings is 4. The number of rotatable bonds is 6. The van der Waals surface area contributed by atoms with E-state index >= 15 is 0 Å². The normalized spacial score (nSPS) is 16.6. The molecule has 1 aliphatic rings. The molecule has 1 unspecified atom stereocenters. The number of carboxylic acid groups (broad SMARTS) is 1. The Morgan fingerprint density at radius 2 is 1.46 bits per heavy atom. The third-order valence-corrected chi connectivity index (χ3v) is 8.82. The maximum Gasteiger partial charge on any atom is 0.323 e. The van der Waals surface area contributed by atoms with Gasteiger partial charge in [-0.1, -0.05) is 91.0 Å². The SMILES string of the molecule is O=C(O)Cn1cc(C2c3ccccc3S(=O)(=O)N2Cc2ccccc2-c2ccccc2)c2ccccc21. The lowest BCUT2D eigenvalue weighted by Crippen LogP contribution is -2.28. The topological polar surface area (TPSA) is 79.6 Å². The molecule has 0 amide bonds. The second-order valence-corrected chi connectivity index (χ2v) is 11.0. The Labute approximate surface area is 215 Å². The number of hydrogen-bond donors (Lipinski definition) is 1. The van der Waals surface area contributed by atoms with Gasteiger partial charge in [-0.3, -0.25) is 4.79 Å². The van der Waals surface area contributed by atoms with Gasteiger partial charge in [-0.05, 0) is 34.4 Å². The summed E-state index contributed by atoms with van der Waals surface area (Å²) in [5.74, 6) is -0.958. The van der Waals surface area contributed by atoms with E-state index in [0.29, 0.717) is 5.56 Å². The summed E-state index contributed by atoms with van der Waals surface area (Å²) in [6, 6.07) is 31.8. The Hall–Kier alpha value is -4.20. The molecule has 0 saturated carbocycles. The van der Waals surface area contributed by atoms with Gasteiger partial charge in [-0.2, -0.15) is 4.31 Å². The fourth-order valence-electron chi connectivity index (χ4n) is 5.36. The molecule has 37 heavy (non-hydrogen) atoms. The van der Waals surface area contributed by atoms with Crippen LogP contribution in [0.1, 0.15) is 22.7 Å². The summed E-state index contributed by atoms with van der Waals surface area (Å²) in [5.41, 5.74) is 5.10. The first-order chi connectivity index (χ1) is 17.9. The molecule has 0 aliphatic carbocycles. The highest BCUT2D eigenvalue weighted by Crippen LogP contribution is 2.46. The number of para-hydroxylation sites is 1. The predicted molar refractivity (Wildman–Crippen MR) is 142 cm³/mol. The summed E-state index contributed by atoms with van der Waals surface area (Å²) in [5, 5.41) is 10.3. The van der Waals surface area contributed by atoms with Gasteiger partial charge in [0.2, 0.25) is 10.0 Å². The highest BCUT2D eigenvalue weighted by Gasteiger charge is 2.44. The molecule has 0 bridgehead atoms. The van der Waals surface area contributed by atoms with E-state index in [1.54, 1.807) is 27.2 Å². The van der Waals surface area contributed by atoms with Crippen LogP contribution in [-0.4, -0.2) is 28.4 Å². The number of carboxylic acids is 1. The van der Waals surface area contributed by atoms with E-state index in [9.17, 15) is 18.3 Å². The Balaban J connectivity index is 1.54. The average molecular weight is 509 g/mol. The molecule has 6 nitrogen and oxygen atoms in total. The zero-order chi connectivity index (χ0) is 25.6. The molecule has 0 saturated heterocycles. The molecule has 4 aromatic carbocycles. The minimum Gasteiger partial charge on any atom is -0.480 e. The Kier molecular flexibility index (Phi) is 5.67. The van der Waals surface area contributed by atoms with Crippen molar-refractivity contribution in [2.45, 2.75) is 24.0 Å². The standard InChI is InChI=1S/C30H24N2O4S/c33-29(34)20-31-19-26(24-14-6-8-16-27(24)31)30-25-15-7-9-17-28(25)37(35,36)32(30)18-22-12-4-5-13-23(22)21-10-2-1-3-11-21/h1-17,19,30H,18,20H2,(H,33,34). The van der Waals surface area contributed by atoms with Crippen LogP contribution in [0.5, 0.6) is 0 Å². The number of aliphatic carboxylic acids is 1. The molecule has 6 rings (SSSR count). The molecular formula is C30H24N2O4S. The molecule has 0 spiro atoms. The quantitative estimate of drug-likeness (QED) is 0.320. The predicted octanol–water partition coefficient (Wildman–Crippen LogP) is 5.69. The summed E-state index contributed by atoms with van der Waals surface area (Å²) in [4.78, 5) is 11.9. The van der Waals surface area contributed by atoms with Gasteiger partial charge in [0.05, 0.1) is 10.9 Å². The number of fused-ring (bicyclic) bond motifs is 2. The van der Waals surface area contributed by atoms with Crippen LogP contribution in [-0.2, 0) is 27.9 Å². The molecule has 1 aromatic heterocycles. The van der Waals surface area contributed by atoms with E-state index in [2.05, 4.69) is 0 Å². The molecule has 5 aromatic rings. The van der Waals surface area contributed by atoms with Crippen LogP contribution in [0.4, 0.5) is 0 Å². The van der Waals surface area contributed by atoms with Crippen molar-refractivity contribution in [2.75, 3.05) is 0 Å². The van der Waals surface area contributed by atoms with Crippen molar-refractivity contribution in [1.29, 1.82) is 0 Å². The second-order valence-electron chi connectivity index (χ2n) is 9.14. The van der Waals surface area contributed by atoms with Gasteiger partial charge >= 0.3 is 5.97 Å². The average Bonchev–Trinajstić information content (AvgIpc) is 3.36. The van der Waals surface area contributed by atoms with Gasteiger partial charge in [-0.25, -0.2) is 8.42 Å². The van der Waals surface area contributed by atoms with Crippen molar-refractivity contribution in [3.63, 3.8) is 0 Å². The van der Waals surface area contributed by atoms with E-state index < -0.39 is 22.0 Å². The first-order valence-corrected chi connectivity index (χ1v) is 13.4.